The quantitative estimate of drug-likeness (QED) is 0.679. The van der Waals surface area contributed by atoms with Gasteiger partial charge in [0.15, 0.2) is 0 Å². The SMILES string of the molecule is CNC(=O)[C@@H]1C(Cc2ccnc(N)c2)C(=O)N1C(=O)N1CCCC(C2CCCCCCC2)C1. The number of β-lactam (4-membered cyclic amide) rings is 1. The van der Waals surface area contributed by atoms with Crippen LogP contribution in [0.3, 0.4) is 0 Å². The van der Waals surface area contributed by atoms with Gasteiger partial charge in [0.1, 0.15) is 11.9 Å². The predicted octanol–water partition coefficient (Wildman–Crippen LogP) is 2.97. The average Bonchev–Trinajstić information content (AvgIpc) is 2.80. The van der Waals surface area contributed by atoms with E-state index in [2.05, 4.69) is 10.3 Å². The Morgan fingerprint density at radius 3 is 2.48 bits per heavy atom. The fourth-order valence-corrected chi connectivity index (χ4v) is 5.96. The van der Waals surface area contributed by atoms with Crippen molar-refractivity contribution in [2.24, 2.45) is 17.8 Å². The second-order valence-electron chi connectivity index (χ2n) is 9.90. The molecule has 3 heterocycles. The monoisotopic (exact) mass is 455 g/mol. The summed E-state index contributed by atoms with van der Waals surface area (Å²) in [6.45, 7) is 1.34. The number of urea groups is 1. The molecule has 8 heteroatoms. The molecule has 2 unspecified atom stereocenters. The van der Waals surface area contributed by atoms with Crippen LogP contribution in [0.15, 0.2) is 18.3 Å². The Hall–Kier alpha value is -2.64. The van der Waals surface area contributed by atoms with E-state index in [9.17, 15) is 14.4 Å². The summed E-state index contributed by atoms with van der Waals surface area (Å²) in [5, 5.41) is 2.64. The standard InChI is InChI=1S/C25H37N5O3/c1-27-23(31)22-20(14-17-11-12-28-21(26)15-17)24(32)30(22)25(33)29-13-7-10-19(16-29)18-8-5-3-2-4-6-9-18/h11-12,15,18-20,22H,2-10,13-14,16H2,1H3,(H2,26,28)(H,27,31)/t19?,20?,22-/m0/s1. The molecule has 2 saturated heterocycles. The van der Waals surface area contributed by atoms with E-state index in [0.29, 0.717) is 37.2 Å². The van der Waals surface area contributed by atoms with Gasteiger partial charge in [-0.3, -0.25) is 14.5 Å². The van der Waals surface area contributed by atoms with Crippen LogP contribution in [0.5, 0.6) is 0 Å². The van der Waals surface area contributed by atoms with Gasteiger partial charge in [0.2, 0.25) is 11.8 Å². The van der Waals surface area contributed by atoms with Crippen molar-refractivity contribution in [3.63, 3.8) is 0 Å². The molecule has 3 atom stereocenters. The zero-order valence-electron chi connectivity index (χ0n) is 19.7. The lowest BCUT2D eigenvalue weighted by atomic mass is 9.78. The van der Waals surface area contributed by atoms with Crippen LogP contribution in [0.1, 0.15) is 63.4 Å². The number of anilines is 1. The lowest BCUT2D eigenvalue weighted by Crippen LogP contribution is -2.70. The number of likely N-dealkylation sites (tertiary alicyclic amines) is 2. The predicted molar refractivity (Wildman–Crippen MR) is 126 cm³/mol. The first-order chi connectivity index (χ1) is 16.0. The maximum Gasteiger partial charge on any atom is 0.327 e. The van der Waals surface area contributed by atoms with Crippen molar-refractivity contribution in [2.75, 3.05) is 25.9 Å². The van der Waals surface area contributed by atoms with E-state index >= 15 is 0 Å². The summed E-state index contributed by atoms with van der Waals surface area (Å²) in [5.74, 6) is 0.374. The van der Waals surface area contributed by atoms with Crippen LogP contribution in [-0.4, -0.2) is 58.8 Å². The molecule has 3 aliphatic rings. The second-order valence-corrected chi connectivity index (χ2v) is 9.90. The summed E-state index contributed by atoms with van der Waals surface area (Å²) < 4.78 is 0. The Labute approximate surface area is 196 Å². The van der Waals surface area contributed by atoms with Gasteiger partial charge in [-0.2, -0.15) is 0 Å². The van der Waals surface area contributed by atoms with Crippen molar-refractivity contribution in [3.8, 4) is 0 Å². The summed E-state index contributed by atoms with van der Waals surface area (Å²) in [5.41, 5.74) is 6.61. The van der Waals surface area contributed by atoms with Gasteiger partial charge >= 0.3 is 6.03 Å². The first-order valence-corrected chi connectivity index (χ1v) is 12.5. The molecule has 4 rings (SSSR count). The number of hydrogen-bond acceptors (Lipinski definition) is 5. The van der Waals surface area contributed by atoms with Crippen LogP contribution < -0.4 is 11.1 Å². The van der Waals surface area contributed by atoms with E-state index in [4.69, 9.17) is 5.73 Å². The number of imide groups is 1. The van der Waals surface area contributed by atoms with Crippen LogP contribution >= 0.6 is 0 Å². The largest absolute Gasteiger partial charge is 0.384 e. The molecule has 0 spiro atoms. The molecule has 33 heavy (non-hydrogen) atoms. The maximum atomic E-state index is 13.4. The third-order valence-corrected chi connectivity index (χ3v) is 7.78. The second kappa shape index (κ2) is 10.5. The van der Waals surface area contributed by atoms with E-state index < -0.39 is 12.0 Å². The number of nitrogens with zero attached hydrogens (tertiary/aromatic N) is 3. The van der Waals surface area contributed by atoms with Gasteiger partial charge in [-0.15, -0.1) is 0 Å². The average molecular weight is 456 g/mol. The fourth-order valence-electron chi connectivity index (χ4n) is 5.96. The molecular formula is C25H37N5O3. The highest BCUT2D eigenvalue weighted by Crippen LogP contribution is 2.36. The first-order valence-electron chi connectivity index (χ1n) is 12.5. The molecule has 1 aromatic rings. The molecule has 3 N–H and O–H groups in total. The van der Waals surface area contributed by atoms with Crippen molar-refractivity contribution < 1.29 is 14.4 Å². The van der Waals surface area contributed by atoms with E-state index in [1.165, 1.54) is 49.8 Å². The van der Waals surface area contributed by atoms with Gasteiger partial charge in [0.05, 0.1) is 5.92 Å². The molecular weight excluding hydrogens is 418 g/mol. The van der Waals surface area contributed by atoms with E-state index in [0.717, 1.165) is 18.4 Å². The summed E-state index contributed by atoms with van der Waals surface area (Å²) >= 11 is 0. The molecule has 2 aliphatic heterocycles. The smallest absolute Gasteiger partial charge is 0.327 e. The number of nitrogens with two attached hydrogens (primary N) is 1. The van der Waals surface area contributed by atoms with E-state index in [1.807, 2.05) is 4.90 Å². The molecule has 1 aliphatic carbocycles. The van der Waals surface area contributed by atoms with Crippen molar-refractivity contribution in [3.05, 3.63) is 23.9 Å². The molecule has 0 bridgehead atoms. The normalized spacial score (nSPS) is 26.8. The lowest BCUT2D eigenvalue weighted by Gasteiger charge is -2.47. The summed E-state index contributed by atoms with van der Waals surface area (Å²) in [6.07, 6.45) is 13.1. The maximum absolute atomic E-state index is 13.4. The molecule has 8 nitrogen and oxygen atoms in total. The molecule has 0 aromatic carbocycles. The minimum atomic E-state index is -0.786. The topological polar surface area (TPSA) is 109 Å². The summed E-state index contributed by atoms with van der Waals surface area (Å²) in [7, 11) is 1.54. The Morgan fingerprint density at radius 1 is 1.09 bits per heavy atom. The van der Waals surface area contributed by atoms with Gasteiger partial charge < -0.3 is 16.0 Å². The van der Waals surface area contributed by atoms with E-state index in [-0.39, 0.29) is 17.8 Å². The Bertz CT molecular complexity index is 867. The number of likely N-dealkylation sites (N-methyl/N-ethyl adjacent to an activating group) is 1. The van der Waals surface area contributed by atoms with Crippen LogP contribution in [0.2, 0.25) is 0 Å². The third-order valence-electron chi connectivity index (χ3n) is 7.78. The Balaban J connectivity index is 1.44. The van der Waals surface area contributed by atoms with Crippen molar-refractivity contribution in [2.45, 2.75) is 70.3 Å². The number of nitrogens with one attached hydrogen (secondary N) is 1. The number of pyridine rings is 1. The van der Waals surface area contributed by atoms with Gasteiger partial charge in [0, 0.05) is 26.3 Å². The highest BCUT2D eigenvalue weighted by atomic mass is 16.2. The van der Waals surface area contributed by atoms with Crippen molar-refractivity contribution in [1.82, 2.24) is 20.1 Å². The number of nitrogen functional groups attached to an aromatic ring is 1. The zero-order chi connectivity index (χ0) is 23.4. The number of rotatable bonds is 4. The fraction of sp³-hybridized carbons (Fsp3) is 0.680. The van der Waals surface area contributed by atoms with Crippen LogP contribution in [0.25, 0.3) is 0 Å². The highest BCUT2D eigenvalue weighted by Gasteiger charge is 2.55. The van der Waals surface area contributed by atoms with Crippen molar-refractivity contribution >= 4 is 23.7 Å². The van der Waals surface area contributed by atoms with Gasteiger partial charge in [-0.25, -0.2) is 9.78 Å². The van der Waals surface area contributed by atoms with Crippen LogP contribution in [0.4, 0.5) is 10.6 Å². The molecule has 1 saturated carbocycles. The van der Waals surface area contributed by atoms with Crippen molar-refractivity contribution in [1.29, 1.82) is 0 Å². The molecule has 180 valence electrons. The number of amides is 4. The third kappa shape index (κ3) is 5.14. The van der Waals surface area contributed by atoms with E-state index in [1.54, 1.807) is 25.4 Å². The first kappa shape index (κ1) is 23.5. The van der Waals surface area contributed by atoms with Gasteiger partial charge in [0.25, 0.3) is 0 Å². The Kier molecular flexibility index (Phi) is 7.50. The number of carbonyl (C=O) groups is 3. The van der Waals surface area contributed by atoms with Gasteiger partial charge in [-0.05, 0) is 48.8 Å². The number of aromatic nitrogens is 1. The zero-order valence-corrected chi connectivity index (χ0v) is 19.7. The molecule has 3 fully saturated rings. The minimum absolute atomic E-state index is 0.280. The molecule has 4 amide bonds. The number of hydrogen-bond donors (Lipinski definition) is 2. The summed E-state index contributed by atoms with van der Waals surface area (Å²) in [4.78, 5) is 46.2. The number of carbonyl (C=O) groups excluding carboxylic acids is 3. The Morgan fingerprint density at radius 2 is 1.79 bits per heavy atom. The summed E-state index contributed by atoms with van der Waals surface area (Å²) in [6, 6.07) is 2.41. The highest BCUT2D eigenvalue weighted by molar-refractivity contribution is 6.09. The van der Waals surface area contributed by atoms with Crippen LogP contribution in [0, 0.1) is 17.8 Å². The number of piperidine rings is 1. The molecule has 1 aromatic heterocycles. The van der Waals surface area contributed by atoms with Crippen LogP contribution in [-0.2, 0) is 16.0 Å². The minimum Gasteiger partial charge on any atom is -0.384 e. The molecule has 0 radical (unpaired) electrons. The lowest BCUT2D eigenvalue weighted by molar-refractivity contribution is -0.158. The van der Waals surface area contributed by atoms with Gasteiger partial charge in [-0.1, -0.05) is 44.9 Å².